The molecule has 2 aromatic rings. The lowest BCUT2D eigenvalue weighted by atomic mass is 9.98. The van der Waals surface area contributed by atoms with Crippen molar-refractivity contribution in [1.82, 2.24) is 15.3 Å². The van der Waals surface area contributed by atoms with Gasteiger partial charge in [-0.25, -0.2) is 4.98 Å². The zero-order valence-corrected chi connectivity index (χ0v) is 13.7. The molecule has 0 saturated heterocycles. The fourth-order valence-electron chi connectivity index (χ4n) is 2.50. The standard InChI is InChI=1S/C15H17N3O2S2/c1-2-7-16-11(19)8-21-15-17-12-13(20)9-5-3-4-6-10(9)22-14(12)18-15/h2H,1,3-8H2,(H,16,19)(H,17,18). The van der Waals surface area contributed by atoms with E-state index in [-0.39, 0.29) is 17.1 Å². The van der Waals surface area contributed by atoms with Crippen LogP contribution in [-0.2, 0) is 17.6 Å². The largest absolute Gasteiger partial charge is 0.352 e. The summed E-state index contributed by atoms with van der Waals surface area (Å²) in [5, 5.41) is 3.34. The minimum atomic E-state index is -0.0735. The van der Waals surface area contributed by atoms with Crippen molar-refractivity contribution in [3.05, 3.63) is 33.3 Å². The average molecular weight is 335 g/mol. The van der Waals surface area contributed by atoms with Crippen molar-refractivity contribution in [3.8, 4) is 0 Å². The van der Waals surface area contributed by atoms with Gasteiger partial charge in [0.25, 0.3) is 0 Å². The fraction of sp³-hybridized carbons (Fsp3) is 0.400. The van der Waals surface area contributed by atoms with Crippen LogP contribution in [0.3, 0.4) is 0 Å². The van der Waals surface area contributed by atoms with Crippen LogP contribution in [0.25, 0.3) is 10.3 Å². The summed E-state index contributed by atoms with van der Waals surface area (Å²) < 4.78 is 0. The van der Waals surface area contributed by atoms with E-state index in [4.69, 9.17) is 0 Å². The first-order valence-corrected chi connectivity index (χ1v) is 9.04. The molecule has 0 radical (unpaired) electrons. The lowest BCUT2D eigenvalue weighted by Crippen LogP contribution is -2.24. The molecule has 0 aromatic carbocycles. The van der Waals surface area contributed by atoms with Crippen LogP contribution in [0.15, 0.2) is 22.6 Å². The van der Waals surface area contributed by atoms with Crippen molar-refractivity contribution >= 4 is 39.4 Å². The summed E-state index contributed by atoms with van der Waals surface area (Å²) in [6.07, 6.45) is 5.71. The third-order valence-electron chi connectivity index (χ3n) is 3.57. The number of hydrogen-bond acceptors (Lipinski definition) is 5. The predicted molar refractivity (Wildman–Crippen MR) is 90.8 cm³/mol. The maximum atomic E-state index is 12.5. The Bertz CT molecular complexity index is 779. The highest BCUT2D eigenvalue weighted by Crippen LogP contribution is 2.28. The van der Waals surface area contributed by atoms with E-state index in [1.807, 2.05) is 0 Å². The molecule has 0 saturated carbocycles. The molecule has 5 nitrogen and oxygen atoms in total. The van der Waals surface area contributed by atoms with Crippen molar-refractivity contribution < 1.29 is 4.79 Å². The van der Waals surface area contributed by atoms with Crippen LogP contribution >= 0.6 is 23.1 Å². The lowest BCUT2D eigenvalue weighted by molar-refractivity contribution is -0.118. The van der Waals surface area contributed by atoms with Gasteiger partial charge in [-0.1, -0.05) is 17.8 Å². The number of aromatic nitrogens is 2. The number of rotatable bonds is 5. The number of amides is 1. The van der Waals surface area contributed by atoms with Crippen molar-refractivity contribution in [2.45, 2.75) is 30.8 Å². The van der Waals surface area contributed by atoms with E-state index in [1.165, 1.54) is 16.6 Å². The molecule has 22 heavy (non-hydrogen) atoms. The van der Waals surface area contributed by atoms with E-state index < -0.39 is 0 Å². The highest BCUT2D eigenvalue weighted by atomic mass is 32.2. The Hall–Kier alpha value is -1.60. The number of hydrogen-bond donors (Lipinski definition) is 2. The summed E-state index contributed by atoms with van der Waals surface area (Å²) in [6.45, 7) is 4.01. The van der Waals surface area contributed by atoms with Crippen LogP contribution in [0.2, 0.25) is 0 Å². The first-order chi connectivity index (χ1) is 10.7. The van der Waals surface area contributed by atoms with Crippen molar-refractivity contribution in [2.24, 2.45) is 0 Å². The van der Waals surface area contributed by atoms with Crippen LogP contribution < -0.4 is 10.7 Å². The normalized spacial score (nSPS) is 13.8. The maximum absolute atomic E-state index is 12.5. The maximum Gasteiger partial charge on any atom is 0.230 e. The molecule has 0 fully saturated rings. The first kappa shape index (κ1) is 15.3. The SMILES string of the molecule is C=CCNC(=O)CSc1nc2sc3c(c(=O)c2[nH]1)CCCC3. The van der Waals surface area contributed by atoms with Gasteiger partial charge in [0.2, 0.25) is 11.3 Å². The van der Waals surface area contributed by atoms with Gasteiger partial charge in [-0.3, -0.25) is 9.59 Å². The quantitative estimate of drug-likeness (QED) is 0.649. The Labute approximate surface area is 136 Å². The summed E-state index contributed by atoms with van der Waals surface area (Å²) in [5.41, 5.74) is 1.62. The number of aryl methyl sites for hydroxylation is 1. The van der Waals surface area contributed by atoms with Gasteiger partial charge in [0, 0.05) is 17.0 Å². The molecule has 0 atom stereocenters. The van der Waals surface area contributed by atoms with Crippen LogP contribution in [0.5, 0.6) is 0 Å². The third-order valence-corrected chi connectivity index (χ3v) is 5.63. The lowest BCUT2D eigenvalue weighted by Gasteiger charge is -2.12. The monoisotopic (exact) mass is 335 g/mol. The highest BCUT2D eigenvalue weighted by Gasteiger charge is 2.18. The van der Waals surface area contributed by atoms with Crippen molar-refractivity contribution in [3.63, 3.8) is 0 Å². The molecular formula is C15H17N3O2S2. The number of thioether (sulfide) groups is 1. The first-order valence-electron chi connectivity index (χ1n) is 7.24. The number of carbonyl (C=O) groups is 1. The van der Waals surface area contributed by atoms with Gasteiger partial charge in [-0.2, -0.15) is 0 Å². The van der Waals surface area contributed by atoms with Gasteiger partial charge in [-0.15, -0.1) is 17.9 Å². The Morgan fingerprint density at radius 3 is 3.09 bits per heavy atom. The van der Waals surface area contributed by atoms with E-state index in [0.717, 1.165) is 36.1 Å². The molecule has 1 amide bonds. The number of aromatic amines is 1. The Balaban J connectivity index is 1.81. The van der Waals surface area contributed by atoms with Crippen LogP contribution in [0.4, 0.5) is 0 Å². The van der Waals surface area contributed by atoms with Crippen molar-refractivity contribution in [1.29, 1.82) is 0 Å². The van der Waals surface area contributed by atoms with Gasteiger partial charge in [-0.05, 0) is 25.7 Å². The smallest absolute Gasteiger partial charge is 0.230 e. The van der Waals surface area contributed by atoms with E-state index in [9.17, 15) is 9.59 Å². The number of nitrogens with zero attached hydrogens (tertiary/aromatic N) is 1. The molecule has 116 valence electrons. The molecular weight excluding hydrogens is 318 g/mol. The summed E-state index contributed by atoms with van der Waals surface area (Å²) in [4.78, 5) is 33.5. The summed E-state index contributed by atoms with van der Waals surface area (Å²) in [7, 11) is 0. The molecule has 0 unspecified atom stereocenters. The molecule has 0 spiro atoms. The number of imidazole rings is 1. The van der Waals surface area contributed by atoms with Gasteiger partial charge >= 0.3 is 0 Å². The van der Waals surface area contributed by atoms with Crippen LogP contribution in [-0.4, -0.2) is 28.2 Å². The molecule has 0 aliphatic heterocycles. The number of carbonyl (C=O) groups excluding carboxylic acids is 1. The van der Waals surface area contributed by atoms with Gasteiger partial charge in [0.1, 0.15) is 10.3 Å². The second-order valence-electron chi connectivity index (χ2n) is 5.14. The molecule has 7 heteroatoms. The zero-order chi connectivity index (χ0) is 15.5. The third kappa shape index (κ3) is 3.10. The summed E-state index contributed by atoms with van der Waals surface area (Å²) in [5.74, 6) is 0.197. The summed E-state index contributed by atoms with van der Waals surface area (Å²) >= 11 is 2.91. The second-order valence-corrected chi connectivity index (χ2v) is 7.19. The van der Waals surface area contributed by atoms with E-state index in [1.54, 1.807) is 17.4 Å². The Kier molecular flexibility index (Phi) is 4.63. The summed E-state index contributed by atoms with van der Waals surface area (Å²) in [6, 6.07) is 0. The molecule has 3 rings (SSSR count). The second kappa shape index (κ2) is 6.66. The average Bonchev–Trinajstić information content (AvgIpc) is 2.94. The number of H-pyrrole nitrogens is 1. The number of fused-ring (bicyclic) bond motifs is 2. The molecule has 0 bridgehead atoms. The van der Waals surface area contributed by atoms with E-state index in [2.05, 4.69) is 21.9 Å². The predicted octanol–water partition coefficient (Wildman–Crippen LogP) is 2.26. The molecule has 2 heterocycles. The highest BCUT2D eigenvalue weighted by molar-refractivity contribution is 7.99. The molecule has 1 aliphatic rings. The van der Waals surface area contributed by atoms with E-state index >= 15 is 0 Å². The minimum absolute atomic E-state index is 0.0735. The molecule has 2 aromatic heterocycles. The molecule has 1 aliphatic carbocycles. The van der Waals surface area contributed by atoms with Gasteiger partial charge in [0.05, 0.1) is 5.75 Å². The minimum Gasteiger partial charge on any atom is -0.352 e. The molecule has 2 N–H and O–H groups in total. The Morgan fingerprint density at radius 2 is 2.27 bits per heavy atom. The van der Waals surface area contributed by atoms with Crippen LogP contribution in [0, 0.1) is 0 Å². The van der Waals surface area contributed by atoms with E-state index in [0.29, 0.717) is 17.2 Å². The zero-order valence-electron chi connectivity index (χ0n) is 12.1. The topological polar surface area (TPSA) is 74.8 Å². The van der Waals surface area contributed by atoms with Gasteiger partial charge < -0.3 is 10.3 Å². The van der Waals surface area contributed by atoms with Crippen LogP contribution in [0.1, 0.15) is 23.3 Å². The van der Waals surface area contributed by atoms with Crippen molar-refractivity contribution in [2.75, 3.05) is 12.3 Å². The Morgan fingerprint density at radius 1 is 1.45 bits per heavy atom. The van der Waals surface area contributed by atoms with Gasteiger partial charge in [0.15, 0.2) is 5.16 Å². The number of nitrogens with one attached hydrogen (secondary N) is 2. The fourth-order valence-corrected chi connectivity index (χ4v) is 4.44.